The molecule has 0 aliphatic carbocycles. The molecule has 0 aliphatic rings. The van der Waals surface area contributed by atoms with Crippen LogP contribution in [0, 0.1) is 0 Å². The van der Waals surface area contributed by atoms with Crippen LogP contribution in [0.5, 0.6) is 5.75 Å². The molecule has 3 rings (SSSR count). The Labute approximate surface area is 205 Å². The van der Waals surface area contributed by atoms with E-state index in [-0.39, 0.29) is 10.9 Å². The Morgan fingerprint density at radius 3 is 2.44 bits per heavy atom. The van der Waals surface area contributed by atoms with Gasteiger partial charge in [0.05, 0.1) is 24.8 Å². The Balaban J connectivity index is 1.61. The molecule has 1 aromatic heterocycles. The Morgan fingerprint density at radius 2 is 1.79 bits per heavy atom. The number of carbonyl (C=O) groups is 2. The van der Waals surface area contributed by atoms with E-state index in [0.717, 1.165) is 39.2 Å². The second-order valence-corrected chi connectivity index (χ2v) is 10.9. The number of hydrogen-bond donors (Lipinski definition) is 1. The second-order valence-electron chi connectivity index (χ2n) is 6.82. The number of anilines is 2. The average Bonchev–Trinajstić information content (AvgIpc) is 3.27. The van der Waals surface area contributed by atoms with E-state index in [1.54, 1.807) is 24.3 Å². The Morgan fingerprint density at radius 1 is 1.09 bits per heavy atom. The highest BCUT2D eigenvalue weighted by Crippen LogP contribution is 2.26. The molecule has 10 nitrogen and oxygen atoms in total. The van der Waals surface area contributed by atoms with Crippen LogP contribution < -0.4 is 14.4 Å². The second kappa shape index (κ2) is 11.8. The van der Waals surface area contributed by atoms with Gasteiger partial charge in [-0.05, 0) is 29.8 Å². The number of hydrogen-bond acceptors (Lipinski definition) is 10. The summed E-state index contributed by atoms with van der Waals surface area (Å²) in [6.07, 6.45) is 1.02. The van der Waals surface area contributed by atoms with Crippen molar-refractivity contribution >= 4 is 55.8 Å². The minimum atomic E-state index is -3.75. The molecule has 0 radical (unpaired) electrons. The van der Waals surface area contributed by atoms with Crippen molar-refractivity contribution in [2.45, 2.75) is 10.9 Å². The SMILES string of the molecule is COC(=O)CSc1nnc(NC(=O)CN(c2ccc(OCc3ccccc3)cc2)S(C)(=O)=O)s1. The molecule has 0 bridgehead atoms. The zero-order chi connectivity index (χ0) is 24.6. The summed E-state index contributed by atoms with van der Waals surface area (Å²) < 4.78 is 36.4. The maximum absolute atomic E-state index is 12.5. The summed E-state index contributed by atoms with van der Waals surface area (Å²) >= 11 is 2.19. The van der Waals surface area contributed by atoms with Gasteiger partial charge >= 0.3 is 5.97 Å². The third kappa shape index (κ3) is 7.71. The molecule has 2 aromatic carbocycles. The zero-order valence-electron chi connectivity index (χ0n) is 18.3. The summed E-state index contributed by atoms with van der Waals surface area (Å²) in [6, 6.07) is 16.1. The van der Waals surface area contributed by atoms with E-state index in [1.807, 2.05) is 30.3 Å². The summed E-state index contributed by atoms with van der Waals surface area (Å²) in [7, 11) is -2.46. The summed E-state index contributed by atoms with van der Waals surface area (Å²) in [5.74, 6) is -0.371. The fraction of sp³-hybridized carbons (Fsp3) is 0.238. The molecule has 34 heavy (non-hydrogen) atoms. The summed E-state index contributed by atoms with van der Waals surface area (Å²) in [5, 5.41) is 10.4. The molecule has 0 unspecified atom stereocenters. The fourth-order valence-electron chi connectivity index (χ4n) is 2.64. The maximum atomic E-state index is 12.5. The van der Waals surface area contributed by atoms with E-state index < -0.39 is 28.4 Å². The Kier molecular flexibility index (Phi) is 8.85. The lowest BCUT2D eigenvalue weighted by atomic mass is 10.2. The van der Waals surface area contributed by atoms with Crippen molar-refractivity contribution in [3.05, 3.63) is 60.2 Å². The molecule has 13 heteroatoms. The van der Waals surface area contributed by atoms with Crippen molar-refractivity contribution in [3.63, 3.8) is 0 Å². The Hall–Kier alpha value is -3.16. The summed E-state index contributed by atoms with van der Waals surface area (Å²) in [5.41, 5.74) is 1.32. The van der Waals surface area contributed by atoms with E-state index in [4.69, 9.17) is 4.74 Å². The molecule has 0 fully saturated rings. The van der Waals surface area contributed by atoms with Gasteiger partial charge in [-0.25, -0.2) is 8.42 Å². The van der Waals surface area contributed by atoms with Crippen LogP contribution in [-0.2, 0) is 31.0 Å². The first-order chi connectivity index (χ1) is 16.2. The average molecular weight is 523 g/mol. The number of nitrogens with zero attached hydrogens (tertiary/aromatic N) is 3. The molecule has 3 aromatic rings. The molecule has 1 heterocycles. The van der Waals surface area contributed by atoms with Crippen LogP contribution in [0.3, 0.4) is 0 Å². The van der Waals surface area contributed by atoms with Gasteiger partial charge in [0, 0.05) is 0 Å². The third-order valence-corrected chi connectivity index (χ3v) is 7.34. The van der Waals surface area contributed by atoms with Gasteiger partial charge in [0.25, 0.3) is 0 Å². The molecule has 0 atom stereocenters. The number of esters is 1. The molecule has 1 N–H and O–H groups in total. The molecule has 1 amide bonds. The number of amides is 1. The van der Waals surface area contributed by atoms with E-state index >= 15 is 0 Å². The van der Waals surface area contributed by atoms with Crippen LogP contribution in [0.25, 0.3) is 0 Å². The van der Waals surface area contributed by atoms with Crippen molar-refractivity contribution in [1.29, 1.82) is 0 Å². The van der Waals surface area contributed by atoms with E-state index in [0.29, 0.717) is 22.4 Å². The molecule has 0 spiro atoms. The number of sulfonamides is 1. The predicted octanol–water partition coefficient (Wildman–Crippen LogP) is 2.79. The van der Waals surface area contributed by atoms with Crippen LogP contribution in [0.4, 0.5) is 10.8 Å². The highest BCUT2D eigenvalue weighted by Gasteiger charge is 2.22. The largest absolute Gasteiger partial charge is 0.489 e. The van der Waals surface area contributed by atoms with Crippen molar-refractivity contribution in [1.82, 2.24) is 10.2 Å². The first-order valence-corrected chi connectivity index (χ1v) is 13.5. The number of methoxy groups -OCH3 is 1. The quantitative estimate of drug-likeness (QED) is 0.230. The number of nitrogens with one attached hydrogen (secondary N) is 1. The van der Waals surface area contributed by atoms with Gasteiger partial charge in [-0.3, -0.25) is 19.2 Å². The maximum Gasteiger partial charge on any atom is 0.316 e. The third-order valence-electron chi connectivity index (χ3n) is 4.25. The van der Waals surface area contributed by atoms with Gasteiger partial charge in [-0.15, -0.1) is 10.2 Å². The number of rotatable bonds is 11. The van der Waals surface area contributed by atoms with Crippen LogP contribution >= 0.6 is 23.1 Å². The van der Waals surface area contributed by atoms with Gasteiger partial charge in [0.1, 0.15) is 18.9 Å². The zero-order valence-corrected chi connectivity index (χ0v) is 20.8. The van der Waals surface area contributed by atoms with Crippen molar-refractivity contribution in [3.8, 4) is 5.75 Å². The molecular weight excluding hydrogens is 500 g/mol. The lowest BCUT2D eigenvalue weighted by molar-refractivity contribution is -0.137. The highest BCUT2D eigenvalue weighted by atomic mass is 32.2. The number of aromatic nitrogens is 2. The number of carbonyl (C=O) groups excluding carboxylic acids is 2. The molecular formula is C21H22N4O6S3. The monoisotopic (exact) mass is 522 g/mol. The van der Waals surface area contributed by atoms with E-state index in [2.05, 4.69) is 20.3 Å². The predicted molar refractivity (Wildman–Crippen MR) is 131 cm³/mol. The van der Waals surface area contributed by atoms with Crippen molar-refractivity contribution < 1.29 is 27.5 Å². The van der Waals surface area contributed by atoms with Crippen LogP contribution in [0.1, 0.15) is 5.56 Å². The summed E-state index contributed by atoms with van der Waals surface area (Å²) in [4.78, 5) is 23.7. The van der Waals surface area contributed by atoms with Crippen molar-refractivity contribution in [2.24, 2.45) is 0 Å². The first kappa shape index (κ1) is 25.5. The van der Waals surface area contributed by atoms with E-state index in [1.165, 1.54) is 7.11 Å². The fourth-order valence-corrected chi connectivity index (χ4v) is 5.09. The normalized spacial score (nSPS) is 11.0. The molecule has 0 saturated carbocycles. The first-order valence-electron chi connectivity index (χ1n) is 9.82. The van der Waals surface area contributed by atoms with Crippen LogP contribution in [0.15, 0.2) is 58.9 Å². The topological polar surface area (TPSA) is 128 Å². The van der Waals surface area contributed by atoms with Gasteiger partial charge < -0.3 is 9.47 Å². The minimum absolute atomic E-state index is 0.0615. The lowest BCUT2D eigenvalue weighted by Crippen LogP contribution is -2.37. The molecule has 0 saturated heterocycles. The van der Waals surface area contributed by atoms with Crippen LogP contribution in [0.2, 0.25) is 0 Å². The van der Waals surface area contributed by atoms with Gasteiger partial charge in [0.2, 0.25) is 21.1 Å². The van der Waals surface area contributed by atoms with Crippen molar-refractivity contribution in [2.75, 3.05) is 35.3 Å². The highest BCUT2D eigenvalue weighted by molar-refractivity contribution is 8.01. The number of benzene rings is 2. The lowest BCUT2D eigenvalue weighted by Gasteiger charge is -2.21. The smallest absolute Gasteiger partial charge is 0.316 e. The standard InChI is InChI=1S/C21H22N4O6S3/c1-30-19(27)14-32-21-24-23-20(33-21)22-18(26)12-25(34(2,28)29)16-8-10-17(11-9-16)31-13-15-6-4-3-5-7-15/h3-11H,12-14H2,1-2H3,(H,22,23,26). The van der Waals surface area contributed by atoms with Gasteiger partial charge in [0.15, 0.2) is 4.34 Å². The number of thioether (sulfide) groups is 1. The minimum Gasteiger partial charge on any atom is -0.489 e. The van der Waals surface area contributed by atoms with Gasteiger partial charge in [-0.2, -0.15) is 0 Å². The van der Waals surface area contributed by atoms with Crippen LogP contribution in [-0.4, -0.2) is 56.2 Å². The van der Waals surface area contributed by atoms with Gasteiger partial charge in [-0.1, -0.05) is 53.4 Å². The molecule has 0 aliphatic heterocycles. The number of ether oxygens (including phenoxy) is 2. The molecule has 180 valence electrons. The summed E-state index contributed by atoms with van der Waals surface area (Å²) in [6.45, 7) is -0.0760. The van der Waals surface area contributed by atoms with E-state index in [9.17, 15) is 18.0 Å². The Bertz CT molecular complexity index is 1220.